The molecule has 0 amide bonds. The summed E-state index contributed by atoms with van der Waals surface area (Å²) in [5.74, 6) is 3.38. The fourth-order valence-electron chi connectivity index (χ4n) is 4.69. The molecule has 1 N–H and O–H groups in total. The zero-order valence-corrected chi connectivity index (χ0v) is 22.0. The Morgan fingerprint density at radius 3 is 2.44 bits per heavy atom. The minimum Gasteiger partial charge on any atom is -0.493 e. The molecule has 0 aliphatic carbocycles. The Kier molecular flexibility index (Phi) is 8.54. The lowest BCUT2D eigenvalue weighted by atomic mass is 9.92. The molecule has 7 nitrogen and oxygen atoms in total. The van der Waals surface area contributed by atoms with Crippen LogP contribution in [0, 0.1) is 20.8 Å². The van der Waals surface area contributed by atoms with Gasteiger partial charge < -0.3 is 23.9 Å². The molecule has 7 heteroatoms. The van der Waals surface area contributed by atoms with Crippen molar-refractivity contribution in [3.8, 4) is 17.2 Å². The molecule has 2 aromatic carbocycles. The van der Waals surface area contributed by atoms with Gasteiger partial charge in [-0.05, 0) is 69.4 Å². The van der Waals surface area contributed by atoms with Crippen molar-refractivity contribution in [2.24, 2.45) is 0 Å². The van der Waals surface area contributed by atoms with Gasteiger partial charge in [0.1, 0.15) is 23.8 Å². The second-order valence-electron chi connectivity index (χ2n) is 9.91. The molecule has 2 heterocycles. The van der Waals surface area contributed by atoms with Crippen LogP contribution in [0.15, 0.2) is 48.8 Å². The van der Waals surface area contributed by atoms with Gasteiger partial charge in [0.25, 0.3) is 0 Å². The van der Waals surface area contributed by atoms with Crippen LogP contribution in [-0.2, 0) is 13.1 Å². The first-order valence-electron chi connectivity index (χ1n) is 12.8. The van der Waals surface area contributed by atoms with Crippen LogP contribution in [0.1, 0.15) is 41.8 Å². The minimum absolute atomic E-state index is 0.323. The summed E-state index contributed by atoms with van der Waals surface area (Å²) in [7, 11) is 1.67. The van der Waals surface area contributed by atoms with Crippen molar-refractivity contribution >= 4 is 0 Å². The summed E-state index contributed by atoms with van der Waals surface area (Å²) in [6.07, 6.45) is 6.07. The SMILES string of the molecule is COc1ccc(CN2CCC(O)(COc3ccc(C)cc3C)CC2)cc1OCCCn1ccnc1C. The lowest BCUT2D eigenvalue weighted by molar-refractivity contribution is -0.0538. The highest BCUT2D eigenvalue weighted by atomic mass is 16.5. The Morgan fingerprint density at radius 1 is 0.972 bits per heavy atom. The molecular weight excluding hydrogens is 454 g/mol. The molecular formula is C29H39N3O4. The second kappa shape index (κ2) is 11.8. The van der Waals surface area contributed by atoms with Crippen molar-refractivity contribution in [3.05, 3.63) is 71.3 Å². The molecule has 4 rings (SSSR count). The van der Waals surface area contributed by atoms with Crippen LogP contribution in [0.5, 0.6) is 17.2 Å². The van der Waals surface area contributed by atoms with E-state index in [1.54, 1.807) is 7.11 Å². The van der Waals surface area contributed by atoms with Crippen molar-refractivity contribution in [3.63, 3.8) is 0 Å². The van der Waals surface area contributed by atoms with E-state index in [0.717, 1.165) is 61.2 Å². The third-order valence-electron chi connectivity index (χ3n) is 6.97. The first kappa shape index (κ1) is 26.0. The Hall–Kier alpha value is -3.03. The Labute approximate surface area is 214 Å². The van der Waals surface area contributed by atoms with Crippen molar-refractivity contribution in [1.29, 1.82) is 0 Å². The molecule has 0 unspecified atom stereocenters. The lowest BCUT2D eigenvalue weighted by Crippen LogP contribution is -2.47. The van der Waals surface area contributed by atoms with Gasteiger partial charge in [0.15, 0.2) is 11.5 Å². The summed E-state index contributed by atoms with van der Waals surface area (Å²) in [6, 6.07) is 12.3. The van der Waals surface area contributed by atoms with E-state index >= 15 is 0 Å². The van der Waals surface area contributed by atoms with Gasteiger partial charge in [-0.1, -0.05) is 23.8 Å². The number of rotatable bonds is 11. The molecule has 1 saturated heterocycles. The number of aliphatic hydroxyl groups is 1. The van der Waals surface area contributed by atoms with Gasteiger partial charge in [0.2, 0.25) is 0 Å². The van der Waals surface area contributed by atoms with E-state index in [9.17, 15) is 5.11 Å². The third-order valence-corrected chi connectivity index (χ3v) is 6.97. The first-order valence-corrected chi connectivity index (χ1v) is 12.8. The molecule has 1 fully saturated rings. The normalized spacial score (nSPS) is 15.6. The molecule has 194 valence electrons. The maximum Gasteiger partial charge on any atom is 0.161 e. The maximum atomic E-state index is 11.1. The van der Waals surface area contributed by atoms with Crippen LogP contribution in [0.25, 0.3) is 0 Å². The van der Waals surface area contributed by atoms with Crippen LogP contribution in [0.4, 0.5) is 0 Å². The number of imidazole rings is 1. The number of ether oxygens (including phenoxy) is 3. The van der Waals surface area contributed by atoms with Crippen molar-refractivity contribution in [1.82, 2.24) is 14.5 Å². The number of benzene rings is 2. The number of hydrogen-bond acceptors (Lipinski definition) is 6. The Morgan fingerprint density at radius 2 is 1.75 bits per heavy atom. The molecule has 0 spiro atoms. The summed E-state index contributed by atoms with van der Waals surface area (Å²) in [6.45, 7) is 10.4. The fourth-order valence-corrected chi connectivity index (χ4v) is 4.69. The van der Waals surface area contributed by atoms with E-state index in [0.29, 0.717) is 26.1 Å². The van der Waals surface area contributed by atoms with Gasteiger partial charge in [-0.15, -0.1) is 0 Å². The smallest absolute Gasteiger partial charge is 0.161 e. The number of piperidine rings is 1. The third kappa shape index (κ3) is 6.80. The highest BCUT2D eigenvalue weighted by Crippen LogP contribution is 2.30. The van der Waals surface area contributed by atoms with Crippen LogP contribution in [0.2, 0.25) is 0 Å². The summed E-state index contributed by atoms with van der Waals surface area (Å²) >= 11 is 0. The van der Waals surface area contributed by atoms with Gasteiger partial charge >= 0.3 is 0 Å². The van der Waals surface area contributed by atoms with E-state index in [2.05, 4.69) is 39.6 Å². The molecule has 0 bridgehead atoms. The van der Waals surface area contributed by atoms with Crippen molar-refractivity contribution < 1.29 is 19.3 Å². The molecule has 0 radical (unpaired) electrons. The molecule has 1 aliphatic rings. The van der Waals surface area contributed by atoms with Crippen molar-refractivity contribution in [2.75, 3.05) is 33.4 Å². The zero-order chi connectivity index (χ0) is 25.5. The average molecular weight is 494 g/mol. The number of aryl methyl sites for hydroxylation is 4. The largest absolute Gasteiger partial charge is 0.493 e. The highest BCUT2D eigenvalue weighted by molar-refractivity contribution is 5.43. The summed E-state index contributed by atoms with van der Waals surface area (Å²) in [5.41, 5.74) is 2.69. The number of hydrogen-bond donors (Lipinski definition) is 1. The topological polar surface area (TPSA) is 69.0 Å². The Bertz CT molecular complexity index is 1140. The van der Waals surface area contributed by atoms with E-state index in [1.165, 1.54) is 11.1 Å². The maximum absolute atomic E-state index is 11.1. The zero-order valence-electron chi connectivity index (χ0n) is 22.0. The average Bonchev–Trinajstić information content (AvgIpc) is 3.27. The number of nitrogens with zero attached hydrogens (tertiary/aromatic N) is 3. The summed E-state index contributed by atoms with van der Waals surface area (Å²) in [4.78, 5) is 6.64. The standard InChI is InChI=1S/C29H39N3O4/c1-22-6-8-26(23(2)18-22)36-21-29(33)10-14-31(15-11-29)20-25-7-9-27(34-4)28(19-25)35-17-5-13-32-16-12-30-24(32)3/h6-9,12,16,18-19,33H,5,10-11,13-15,17,20-21H2,1-4H3. The van der Waals surface area contributed by atoms with Gasteiger partial charge in [0.05, 0.1) is 13.7 Å². The molecule has 3 aromatic rings. The molecule has 0 atom stereocenters. The van der Waals surface area contributed by atoms with E-state index in [-0.39, 0.29) is 0 Å². The van der Waals surface area contributed by atoms with Crippen LogP contribution in [-0.4, -0.2) is 58.6 Å². The molecule has 1 aromatic heterocycles. The first-order chi connectivity index (χ1) is 17.3. The molecule has 1 aliphatic heterocycles. The lowest BCUT2D eigenvalue weighted by Gasteiger charge is -2.38. The second-order valence-corrected chi connectivity index (χ2v) is 9.91. The monoisotopic (exact) mass is 493 g/mol. The molecule has 36 heavy (non-hydrogen) atoms. The number of aromatic nitrogens is 2. The van der Waals surface area contributed by atoms with Gasteiger partial charge in [-0.2, -0.15) is 0 Å². The summed E-state index contributed by atoms with van der Waals surface area (Å²) < 4.78 is 19.7. The van der Waals surface area contributed by atoms with E-state index < -0.39 is 5.60 Å². The van der Waals surface area contributed by atoms with Gasteiger partial charge in [-0.3, -0.25) is 4.90 Å². The van der Waals surface area contributed by atoms with E-state index in [4.69, 9.17) is 14.2 Å². The van der Waals surface area contributed by atoms with Crippen LogP contribution in [0.3, 0.4) is 0 Å². The minimum atomic E-state index is -0.796. The predicted octanol–water partition coefficient (Wildman–Crippen LogP) is 4.69. The summed E-state index contributed by atoms with van der Waals surface area (Å²) in [5, 5.41) is 11.1. The van der Waals surface area contributed by atoms with Crippen molar-refractivity contribution in [2.45, 2.75) is 58.7 Å². The van der Waals surface area contributed by atoms with Gasteiger partial charge in [0, 0.05) is 38.6 Å². The fraction of sp³-hybridized carbons (Fsp3) is 0.483. The Balaban J connectivity index is 1.26. The highest BCUT2D eigenvalue weighted by Gasteiger charge is 2.33. The number of likely N-dealkylation sites (tertiary alicyclic amines) is 1. The quantitative estimate of drug-likeness (QED) is 0.391. The van der Waals surface area contributed by atoms with E-state index in [1.807, 2.05) is 44.4 Å². The van der Waals surface area contributed by atoms with Gasteiger partial charge in [-0.25, -0.2) is 4.98 Å². The number of methoxy groups -OCH3 is 1. The molecule has 0 saturated carbocycles. The predicted molar refractivity (Wildman–Crippen MR) is 141 cm³/mol. The van der Waals surface area contributed by atoms with Crippen LogP contribution >= 0.6 is 0 Å². The van der Waals surface area contributed by atoms with Crippen LogP contribution < -0.4 is 14.2 Å².